The van der Waals surface area contributed by atoms with E-state index in [1.807, 2.05) is 0 Å². The smallest absolute Gasteiger partial charge is 0.0101 e. The molecule has 0 atom stereocenters. The summed E-state index contributed by atoms with van der Waals surface area (Å²) in [4.78, 5) is 2.22. The number of rotatable bonds is 6. The summed E-state index contributed by atoms with van der Waals surface area (Å²) in [7, 11) is 4.23. The Morgan fingerprint density at radius 3 is 2.79 bits per heavy atom. The molecule has 1 aliphatic carbocycles. The zero-order valence-corrected chi connectivity index (χ0v) is 9.68. The predicted octanol–water partition coefficient (Wildman–Crippen LogP) is 2.03. The van der Waals surface area contributed by atoms with E-state index in [-0.39, 0.29) is 0 Å². The summed E-state index contributed by atoms with van der Waals surface area (Å²) in [5.74, 6) is 0. The maximum Gasteiger partial charge on any atom is 0.0101 e. The lowest BCUT2D eigenvalue weighted by atomic mass is 9.97. The van der Waals surface area contributed by atoms with Crippen molar-refractivity contribution < 1.29 is 0 Å². The largest absolute Gasteiger partial charge is 0.315 e. The highest BCUT2D eigenvalue weighted by Crippen LogP contribution is 2.19. The molecule has 2 heteroatoms. The molecule has 0 aromatic heterocycles. The van der Waals surface area contributed by atoms with E-state index in [0.29, 0.717) is 0 Å². The summed E-state index contributed by atoms with van der Waals surface area (Å²) in [5.41, 5.74) is 1.67. The zero-order chi connectivity index (χ0) is 10.2. The highest BCUT2D eigenvalue weighted by atomic mass is 15.1. The quantitative estimate of drug-likeness (QED) is 0.516. The van der Waals surface area contributed by atoms with Crippen molar-refractivity contribution in [3.05, 3.63) is 11.6 Å². The van der Waals surface area contributed by atoms with Gasteiger partial charge in [-0.1, -0.05) is 11.6 Å². The fourth-order valence-electron chi connectivity index (χ4n) is 1.81. The molecule has 0 bridgehead atoms. The van der Waals surface area contributed by atoms with E-state index >= 15 is 0 Å². The lowest BCUT2D eigenvalue weighted by Gasteiger charge is -2.14. The fraction of sp³-hybridized carbons (Fsp3) is 0.833. The normalized spacial score (nSPS) is 17.2. The molecule has 0 fully saturated rings. The van der Waals surface area contributed by atoms with Crippen LogP contribution in [0, 0.1) is 0 Å². The van der Waals surface area contributed by atoms with Crippen molar-refractivity contribution in [2.24, 2.45) is 0 Å². The number of allylic oxidation sites excluding steroid dienone is 1. The molecule has 0 unspecified atom stereocenters. The minimum absolute atomic E-state index is 1.11. The van der Waals surface area contributed by atoms with Gasteiger partial charge < -0.3 is 10.2 Å². The van der Waals surface area contributed by atoms with Gasteiger partial charge in [0.15, 0.2) is 0 Å². The molecule has 1 aliphatic rings. The average molecular weight is 196 g/mol. The molecule has 1 N–H and O–H groups in total. The van der Waals surface area contributed by atoms with E-state index in [0.717, 1.165) is 19.6 Å². The molecule has 0 spiro atoms. The molecule has 0 aliphatic heterocycles. The minimum Gasteiger partial charge on any atom is -0.315 e. The number of hydrogen-bond donors (Lipinski definition) is 1. The molecule has 0 amide bonds. The van der Waals surface area contributed by atoms with Gasteiger partial charge in [0, 0.05) is 13.1 Å². The van der Waals surface area contributed by atoms with Crippen LogP contribution in [0.1, 0.15) is 32.1 Å². The second kappa shape index (κ2) is 7.02. The Labute approximate surface area is 88.4 Å². The molecular formula is C12H24N2. The molecule has 0 aromatic carbocycles. The Morgan fingerprint density at radius 1 is 1.29 bits per heavy atom. The van der Waals surface area contributed by atoms with Crippen molar-refractivity contribution in [2.45, 2.75) is 32.1 Å². The van der Waals surface area contributed by atoms with Crippen LogP contribution in [-0.4, -0.2) is 38.6 Å². The second-order valence-electron chi connectivity index (χ2n) is 4.41. The Bertz CT molecular complexity index is 173. The molecule has 0 heterocycles. The summed E-state index contributed by atoms with van der Waals surface area (Å²) in [6.45, 7) is 3.40. The average Bonchev–Trinajstić information content (AvgIpc) is 2.18. The first-order chi connectivity index (χ1) is 6.79. The van der Waals surface area contributed by atoms with Crippen molar-refractivity contribution in [3.8, 4) is 0 Å². The fourth-order valence-corrected chi connectivity index (χ4v) is 1.81. The molecule has 0 saturated carbocycles. The highest BCUT2D eigenvalue weighted by molar-refractivity contribution is 5.05. The van der Waals surface area contributed by atoms with Crippen LogP contribution >= 0.6 is 0 Å². The molecule has 0 radical (unpaired) electrons. The monoisotopic (exact) mass is 196 g/mol. The van der Waals surface area contributed by atoms with Crippen molar-refractivity contribution >= 4 is 0 Å². The molecule has 1 rings (SSSR count). The van der Waals surface area contributed by atoms with Crippen molar-refractivity contribution in [1.29, 1.82) is 0 Å². The van der Waals surface area contributed by atoms with Crippen molar-refractivity contribution in [2.75, 3.05) is 33.7 Å². The minimum atomic E-state index is 1.11. The van der Waals surface area contributed by atoms with Crippen LogP contribution < -0.4 is 5.32 Å². The van der Waals surface area contributed by atoms with E-state index in [2.05, 4.69) is 30.4 Å². The Kier molecular flexibility index (Phi) is 5.88. The van der Waals surface area contributed by atoms with Crippen LogP contribution in [-0.2, 0) is 0 Å². The first-order valence-corrected chi connectivity index (χ1v) is 5.82. The molecular weight excluding hydrogens is 172 g/mol. The SMILES string of the molecule is CN(C)CCNCCC1=CCCCC1. The third-order valence-corrected chi connectivity index (χ3v) is 2.74. The van der Waals surface area contributed by atoms with E-state index in [1.54, 1.807) is 5.57 Å². The summed E-state index contributed by atoms with van der Waals surface area (Å²) in [6.07, 6.45) is 9.16. The van der Waals surface area contributed by atoms with E-state index in [9.17, 15) is 0 Å². The number of likely N-dealkylation sites (N-methyl/N-ethyl adjacent to an activating group) is 1. The van der Waals surface area contributed by atoms with Gasteiger partial charge in [-0.2, -0.15) is 0 Å². The maximum atomic E-state index is 3.48. The third-order valence-electron chi connectivity index (χ3n) is 2.74. The first-order valence-electron chi connectivity index (χ1n) is 5.82. The van der Waals surface area contributed by atoms with Gasteiger partial charge in [0.25, 0.3) is 0 Å². The lowest BCUT2D eigenvalue weighted by Crippen LogP contribution is -2.27. The Hall–Kier alpha value is -0.340. The van der Waals surface area contributed by atoms with Gasteiger partial charge >= 0.3 is 0 Å². The molecule has 0 saturated heterocycles. The second-order valence-corrected chi connectivity index (χ2v) is 4.41. The predicted molar refractivity (Wildman–Crippen MR) is 62.6 cm³/mol. The van der Waals surface area contributed by atoms with Crippen LogP contribution in [0.15, 0.2) is 11.6 Å². The van der Waals surface area contributed by atoms with Gasteiger partial charge in [0.05, 0.1) is 0 Å². The standard InChI is InChI=1S/C12H24N2/c1-14(2)11-10-13-9-8-12-6-4-3-5-7-12/h6,13H,3-5,7-11H2,1-2H3. The molecule has 0 aromatic rings. The van der Waals surface area contributed by atoms with Crippen LogP contribution in [0.25, 0.3) is 0 Å². The van der Waals surface area contributed by atoms with Crippen molar-refractivity contribution in [1.82, 2.24) is 10.2 Å². The number of hydrogen-bond acceptors (Lipinski definition) is 2. The van der Waals surface area contributed by atoms with Gasteiger partial charge in [-0.3, -0.25) is 0 Å². The molecule has 2 nitrogen and oxygen atoms in total. The first kappa shape index (κ1) is 11.7. The summed E-state index contributed by atoms with van der Waals surface area (Å²) >= 11 is 0. The van der Waals surface area contributed by atoms with Gasteiger partial charge in [-0.15, -0.1) is 0 Å². The van der Waals surface area contributed by atoms with E-state index in [4.69, 9.17) is 0 Å². The number of nitrogens with zero attached hydrogens (tertiary/aromatic N) is 1. The number of nitrogens with one attached hydrogen (secondary N) is 1. The molecule has 82 valence electrons. The third kappa shape index (κ3) is 5.40. The topological polar surface area (TPSA) is 15.3 Å². The van der Waals surface area contributed by atoms with Crippen LogP contribution in [0.3, 0.4) is 0 Å². The Balaban J connectivity index is 1.95. The highest BCUT2D eigenvalue weighted by Gasteiger charge is 2.02. The van der Waals surface area contributed by atoms with Crippen molar-refractivity contribution in [3.63, 3.8) is 0 Å². The van der Waals surface area contributed by atoms with Gasteiger partial charge in [-0.05, 0) is 52.7 Å². The van der Waals surface area contributed by atoms with Gasteiger partial charge in [0.2, 0.25) is 0 Å². The zero-order valence-electron chi connectivity index (χ0n) is 9.68. The molecule has 14 heavy (non-hydrogen) atoms. The van der Waals surface area contributed by atoms with Crippen LogP contribution in [0.5, 0.6) is 0 Å². The van der Waals surface area contributed by atoms with Gasteiger partial charge in [0.1, 0.15) is 0 Å². The summed E-state index contributed by atoms with van der Waals surface area (Å²) < 4.78 is 0. The van der Waals surface area contributed by atoms with E-state index < -0.39 is 0 Å². The van der Waals surface area contributed by atoms with E-state index in [1.165, 1.54) is 32.1 Å². The lowest BCUT2D eigenvalue weighted by molar-refractivity contribution is 0.400. The Morgan fingerprint density at radius 2 is 2.14 bits per heavy atom. The van der Waals surface area contributed by atoms with Crippen LogP contribution in [0.2, 0.25) is 0 Å². The van der Waals surface area contributed by atoms with Gasteiger partial charge in [-0.25, -0.2) is 0 Å². The van der Waals surface area contributed by atoms with Crippen LogP contribution in [0.4, 0.5) is 0 Å². The summed E-state index contributed by atoms with van der Waals surface area (Å²) in [5, 5.41) is 3.48. The maximum absolute atomic E-state index is 3.48. The summed E-state index contributed by atoms with van der Waals surface area (Å²) in [6, 6.07) is 0.